The lowest BCUT2D eigenvalue weighted by molar-refractivity contribution is 0.590. The SMILES string of the molecule is Cc1ccc2c(c1)N(c1cccc(C(C)(C)C)c1)c1cc(-c3c4ccccc4c(-c4ccccc4)c4ccccc34)cc3c1B2c1cccc2c1N3c1ccccc1[Si]2(c1ccccc1)c1ccccc1. The molecule has 0 bridgehead atoms. The molecule has 0 radical (unpaired) electrons. The highest BCUT2D eigenvalue weighted by molar-refractivity contribution is 7.22. The van der Waals surface area contributed by atoms with Crippen molar-refractivity contribution in [3.8, 4) is 22.3 Å². The van der Waals surface area contributed by atoms with Crippen LogP contribution in [-0.2, 0) is 5.41 Å². The highest BCUT2D eigenvalue weighted by Crippen LogP contribution is 2.50. The Balaban J connectivity index is 1.16. The van der Waals surface area contributed by atoms with Crippen molar-refractivity contribution in [2.75, 3.05) is 9.80 Å². The maximum absolute atomic E-state index is 2.92. The normalized spacial score (nSPS) is 13.9. The summed E-state index contributed by atoms with van der Waals surface area (Å²) >= 11 is 0. The second-order valence-corrected chi connectivity index (χ2v) is 24.6. The van der Waals surface area contributed by atoms with E-state index in [9.17, 15) is 0 Å². The fourth-order valence-corrected chi connectivity index (χ4v) is 18.0. The van der Waals surface area contributed by atoms with Crippen LogP contribution in [0, 0.1) is 6.92 Å². The van der Waals surface area contributed by atoms with E-state index in [0.717, 1.165) is 0 Å². The summed E-state index contributed by atoms with van der Waals surface area (Å²) in [6, 6.07) is 90.4. The first kappa shape index (κ1) is 41.8. The van der Waals surface area contributed by atoms with Crippen molar-refractivity contribution in [1.82, 2.24) is 0 Å². The monoisotopic (exact) mass is 922 g/mol. The van der Waals surface area contributed by atoms with E-state index in [1.54, 1.807) is 0 Å². The molecule has 11 aromatic rings. The van der Waals surface area contributed by atoms with Crippen LogP contribution in [-0.4, -0.2) is 14.8 Å². The predicted octanol–water partition coefficient (Wildman–Crippen LogP) is 12.7. The first-order chi connectivity index (χ1) is 34.8. The van der Waals surface area contributed by atoms with Crippen molar-refractivity contribution in [1.29, 1.82) is 0 Å². The van der Waals surface area contributed by atoms with Crippen molar-refractivity contribution in [2.45, 2.75) is 33.1 Å². The summed E-state index contributed by atoms with van der Waals surface area (Å²) in [5, 5.41) is 10.6. The van der Waals surface area contributed by atoms with E-state index in [4.69, 9.17) is 0 Å². The van der Waals surface area contributed by atoms with Gasteiger partial charge in [0.1, 0.15) is 0 Å². The van der Waals surface area contributed by atoms with E-state index in [1.807, 2.05) is 0 Å². The Bertz CT molecular complexity index is 3860. The zero-order chi connectivity index (χ0) is 47.6. The van der Waals surface area contributed by atoms with Gasteiger partial charge in [0.05, 0.1) is 0 Å². The number of fused-ring (bicyclic) bond motifs is 8. The molecule has 0 saturated carbocycles. The molecule has 14 rings (SSSR count). The van der Waals surface area contributed by atoms with E-state index in [-0.39, 0.29) is 12.1 Å². The Morgan fingerprint density at radius 1 is 0.394 bits per heavy atom. The van der Waals surface area contributed by atoms with Crippen LogP contribution >= 0.6 is 0 Å². The van der Waals surface area contributed by atoms with Gasteiger partial charge in [0.25, 0.3) is 6.71 Å². The molecule has 3 aliphatic rings. The number of hydrogen-bond donors (Lipinski definition) is 0. The third-order valence-corrected chi connectivity index (χ3v) is 20.7. The summed E-state index contributed by atoms with van der Waals surface area (Å²) in [4.78, 5) is 5.30. The van der Waals surface area contributed by atoms with Crippen LogP contribution in [0.15, 0.2) is 237 Å². The van der Waals surface area contributed by atoms with Crippen LogP contribution in [0.2, 0.25) is 0 Å². The average Bonchev–Trinajstić information content (AvgIpc) is 3.41. The Kier molecular flexibility index (Phi) is 9.22. The maximum Gasteiger partial charge on any atom is 0.252 e. The van der Waals surface area contributed by atoms with E-state index < -0.39 is 8.07 Å². The summed E-state index contributed by atoms with van der Waals surface area (Å²) in [6.45, 7) is 9.20. The lowest BCUT2D eigenvalue weighted by atomic mass is 9.33. The fourth-order valence-electron chi connectivity index (χ4n) is 12.9. The van der Waals surface area contributed by atoms with E-state index in [0.29, 0.717) is 0 Å². The molecular formula is C67H51BN2Si. The molecule has 11 aromatic carbocycles. The van der Waals surface area contributed by atoms with Gasteiger partial charge >= 0.3 is 0 Å². The second kappa shape index (κ2) is 15.7. The third-order valence-electron chi connectivity index (χ3n) is 15.9. The number of hydrogen-bond acceptors (Lipinski definition) is 2. The molecule has 0 amide bonds. The molecule has 2 nitrogen and oxygen atoms in total. The zero-order valence-electron chi connectivity index (χ0n) is 40.5. The highest BCUT2D eigenvalue weighted by Gasteiger charge is 2.53. The van der Waals surface area contributed by atoms with Gasteiger partial charge in [0, 0.05) is 34.1 Å². The average molecular weight is 923 g/mol. The maximum atomic E-state index is 2.70. The van der Waals surface area contributed by atoms with Gasteiger partial charge in [-0.3, -0.25) is 0 Å². The van der Waals surface area contributed by atoms with Gasteiger partial charge < -0.3 is 9.80 Å². The molecule has 0 aliphatic carbocycles. The first-order valence-corrected chi connectivity index (χ1v) is 27.1. The number of nitrogens with zero attached hydrogens (tertiary/aromatic N) is 2. The summed E-state index contributed by atoms with van der Waals surface area (Å²) in [6.07, 6.45) is 0. The van der Waals surface area contributed by atoms with Gasteiger partial charge in [-0.2, -0.15) is 0 Å². The standard InChI is InChI=1S/C67H51BN2Si/c1-44-38-39-55-58(40-44)69(48-25-20-24-47(43-48)67(2,3)4)59-41-46(64-53-32-16-14-30-51(53)63(45-22-8-5-9-23-45)52-31-15-17-33-54(52)64)42-60-65(59)68(55)56-34-21-37-62-66(56)70(60)57-35-18-19-36-61(57)71(62,49-26-10-6-11-27-49)50-28-12-7-13-29-50/h5-43H,1-4H3. The number of benzene rings is 11. The number of para-hydroxylation sites is 2. The molecule has 0 unspecified atom stereocenters. The van der Waals surface area contributed by atoms with Crippen LogP contribution in [0.3, 0.4) is 0 Å². The van der Waals surface area contributed by atoms with Crippen molar-refractivity contribution >= 4 is 108 Å². The van der Waals surface area contributed by atoms with Crippen LogP contribution in [0.1, 0.15) is 31.9 Å². The zero-order valence-corrected chi connectivity index (χ0v) is 41.5. The summed E-state index contributed by atoms with van der Waals surface area (Å²) in [7, 11) is -2.92. The summed E-state index contributed by atoms with van der Waals surface area (Å²) < 4.78 is 0. The highest BCUT2D eigenvalue weighted by atomic mass is 28.3. The molecule has 71 heavy (non-hydrogen) atoms. The minimum Gasteiger partial charge on any atom is -0.312 e. The number of rotatable bonds is 5. The quantitative estimate of drug-likeness (QED) is 0.125. The molecular weight excluding hydrogens is 872 g/mol. The minimum atomic E-state index is -2.92. The minimum absolute atomic E-state index is 0.0182. The summed E-state index contributed by atoms with van der Waals surface area (Å²) in [5.41, 5.74) is 19.0. The van der Waals surface area contributed by atoms with Crippen molar-refractivity contribution in [2.24, 2.45) is 0 Å². The molecule has 0 fully saturated rings. The van der Waals surface area contributed by atoms with Gasteiger partial charge in [-0.1, -0.05) is 221 Å². The Morgan fingerprint density at radius 2 is 0.930 bits per heavy atom. The molecule has 0 saturated heterocycles. The molecule has 336 valence electrons. The van der Waals surface area contributed by atoms with Crippen LogP contribution in [0.4, 0.5) is 34.1 Å². The largest absolute Gasteiger partial charge is 0.312 e. The number of aryl methyl sites for hydroxylation is 1. The molecule has 3 heterocycles. The Morgan fingerprint density at radius 3 is 1.56 bits per heavy atom. The molecule has 0 N–H and O–H groups in total. The van der Waals surface area contributed by atoms with Crippen molar-refractivity contribution in [3.63, 3.8) is 0 Å². The van der Waals surface area contributed by atoms with E-state index in [1.165, 1.54) is 126 Å². The molecule has 0 spiro atoms. The predicted molar refractivity (Wildman–Crippen MR) is 307 cm³/mol. The van der Waals surface area contributed by atoms with Gasteiger partial charge in [0.15, 0.2) is 8.07 Å². The van der Waals surface area contributed by atoms with Gasteiger partial charge in [-0.05, 0) is 141 Å². The first-order valence-electron chi connectivity index (χ1n) is 25.1. The van der Waals surface area contributed by atoms with E-state index >= 15 is 0 Å². The third kappa shape index (κ3) is 6.01. The fraction of sp³-hybridized carbons (Fsp3) is 0.0746. The Hall–Kier alpha value is -8.18. The topological polar surface area (TPSA) is 6.48 Å². The molecule has 4 heteroatoms. The van der Waals surface area contributed by atoms with Crippen molar-refractivity contribution < 1.29 is 0 Å². The molecule has 0 aromatic heterocycles. The van der Waals surface area contributed by atoms with Crippen LogP contribution < -0.4 is 46.9 Å². The number of anilines is 6. The van der Waals surface area contributed by atoms with Crippen LogP contribution in [0.25, 0.3) is 43.8 Å². The van der Waals surface area contributed by atoms with Crippen molar-refractivity contribution in [3.05, 3.63) is 248 Å². The van der Waals surface area contributed by atoms with E-state index in [2.05, 4.69) is 274 Å². The second-order valence-electron chi connectivity index (χ2n) is 20.8. The summed E-state index contributed by atoms with van der Waals surface area (Å²) in [5.74, 6) is 0. The van der Waals surface area contributed by atoms with Gasteiger partial charge in [0.2, 0.25) is 0 Å². The molecule has 0 atom stereocenters. The van der Waals surface area contributed by atoms with Gasteiger partial charge in [-0.25, -0.2) is 0 Å². The van der Waals surface area contributed by atoms with Gasteiger partial charge in [-0.15, -0.1) is 0 Å². The molecule has 3 aliphatic heterocycles. The lowest BCUT2D eigenvalue weighted by Gasteiger charge is -2.51. The smallest absolute Gasteiger partial charge is 0.252 e. The van der Waals surface area contributed by atoms with Crippen LogP contribution in [0.5, 0.6) is 0 Å². The Labute approximate surface area is 418 Å². The lowest BCUT2D eigenvalue weighted by Crippen LogP contribution is -2.79.